The van der Waals surface area contributed by atoms with Crippen LogP contribution in [0.4, 0.5) is 0 Å². The fraction of sp³-hybridized carbons (Fsp3) is 0.333. The van der Waals surface area contributed by atoms with Gasteiger partial charge in [0.25, 0.3) is 0 Å². The van der Waals surface area contributed by atoms with Crippen molar-refractivity contribution in [2.24, 2.45) is 0 Å². The second-order valence-corrected chi connectivity index (χ2v) is 10.0. The van der Waals surface area contributed by atoms with Gasteiger partial charge in [0.2, 0.25) is 0 Å². The van der Waals surface area contributed by atoms with E-state index in [9.17, 15) is 9.59 Å². The van der Waals surface area contributed by atoms with Crippen LogP contribution >= 0.6 is 15.9 Å². The Balaban J connectivity index is 1.70. The molecule has 0 saturated heterocycles. The highest BCUT2D eigenvalue weighted by Gasteiger charge is 2.39. The lowest BCUT2D eigenvalue weighted by Crippen LogP contribution is -2.30. The first kappa shape index (κ1) is 20.7. The van der Waals surface area contributed by atoms with E-state index in [0.29, 0.717) is 11.3 Å². The first-order chi connectivity index (χ1) is 14.0. The van der Waals surface area contributed by atoms with Gasteiger partial charge in [0, 0.05) is 32.0 Å². The Morgan fingerprint density at radius 2 is 1.87 bits per heavy atom. The topological polar surface area (TPSA) is 68.4 Å². The van der Waals surface area contributed by atoms with Crippen LogP contribution < -0.4 is 4.74 Å². The van der Waals surface area contributed by atoms with Gasteiger partial charge in [-0.15, -0.1) is 0 Å². The van der Waals surface area contributed by atoms with Gasteiger partial charge < -0.3 is 14.5 Å². The van der Waals surface area contributed by atoms with Crippen LogP contribution in [0.25, 0.3) is 10.9 Å². The summed E-state index contributed by atoms with van der Waals surface area (Å²) in [5.41, 5.74) is 3.05. The normalized spacial score (nSPS) is 14.9. The van der Waals surface area contributed by atoms with E-state index >= 15 is 0 Å². The molecule has 1 aliphatic rings. The molecule has 2 aromatic carbocycles. The van der Waals surface area contributed by atoms with Crippen molar-refractivity contribution >= 4 is 38.6 Å². The Morgan fingerprint density at radius 3 is 2.57 bits per heavy atom. The standard InChI is InChI=1S/C24H24BrNO4/c1-23(2,3)30-19(27)12-29-14-7-9-15-17(11-14)24(4,5)22-20(21(15)28)16-8-6-13(25)10-18(16)26-22/h6-11,26H,12H2,1-5H3. The van der Waals surface area contributed by atoms with E-state index in [1.807, 2.05) is 45.0 Å². The number of ether oxygens (including phenoxy) is 2. The van der Waals surface area contributed by atoms with E-state index < -0.39 is 17.0 Å². The van der Waals surface area contributed by atoms with Gasteiger partial charge in [0.15, 0.2) is 12.4 Å². The van der Waals surface area contributed by atoms with Crippen LogP contribution in [-0.2, 0) is 14.9 Å². The SMILES string of the molecule is CC(C)(C)OC(=O)COc1ccc2c(c1)C(C)(C)c1[nH]c3cc(Br)ccc3c1C2=O. The van der Waals surface area contributed by atoms with E-state index in [4.69, 9.17) is 9.47 Å². The van der Waals surface area contributed by atoms with E-state index in [1.165, 1.54) is 0 Å². The number of carbonyl (C=O) groups excluding carboxylic acids is 2. The van der Waals surface area contributed by atoms with Crippen molar-refractivity contribution in [3.8, 4) is 5.75 Å². The van der Waals surface area contributed by atoms with E-state index in [0.717, 1.165) is 32.2 Å². The predicted molar refractivity (Wildman–Crippen MR) is 119 cm³/mol. The molecule has 0 fully saturated rings. The molecule has 4 rings (SSSR count). The van der Waals surface area contributed by atoms with Crippen LogP contribution in [0.1, 0.15) is 61.8 Å². The molecule has 1 heterocycles. The van der Waals surface area contributed by atoms with Crippen LogP contribution in [0.3, 0.4) is 0 Å². The zero-order valence-corrected chi connectivity index (χ0v) is 19.3. The van der Waals surface area contributed by atoms with Crippen molar-refractivity contribution in [3.05, 3.63) is 63.3 Å². The summed E-state index contributed by atoms with van der Waals surface area (Å²) in [7, 11) is 0. The third kappa shape index (κ3) is 3.54. The fourth-order valence-electron chi connectivity index (χ4n) is 3.99. The number of H-pyrrole nitrogens is 1. The fourth-order valence-corrected chi connectivity index (χ4v) is 4.35. The molecule has 1 aliphatic carbocycles. The number of carbonyl (C=O) groups is 2. The summed E-state index contributed by atoms with van der Waals surface area (Å²) < 4.78 is 11.9. The maximum atomic E-state index is 13.3. The van der Waals surface area contributed by atoms with Gasteiger partial charge in [-0.3, -0.25) is 4.79 Å². The van der Waals surface area contributed by atoms with E-state index in [1.54, 1.807) is 12.1 Å². The number of ketones is 1. The molecular weight excluding hydrogens is 446 g/mol. The molecule has 0 saturated carbocycles. The maximum Gasteiger partial charge on any atom is 0.344 e. The predicted octanol–water partition coefficient (Wildman–Crippen LogP) is 5.52. The quantitative estimate of drug-likeness (QED) is 0.512. The van der Waals surface area contributed by atoms with Gasteiger partial charge in [-0.1, -0.05) is 35.8 Å². The zero-order valence-electron chi connectivity index (χ0n) is 17.7. The molecule has 5 nitrogen and oxygen atoms in total. The molecule has 0 bridgehead atoms. The molecule has 0 radical (unpaired) electrons. The van der Waals surface area contributed by atoms with Gasteiger partial charge in [0.05, 0.1) is 5.56 Å². The highest BCUT2D eigenvalue weighted by atomic mass is 79.9. The Bertz CT molecular complexity index is 1180. The van der Waals surface area contributed by atoms with Gasteiger partial charge in [-0.05, 0) is 56.7 Å². The molecule has 156 valence electrons. The number of rotatable bonds is 3. The molecule has 6 heteroatoms. The molecule has 30 heavy (non-hydrogen) atoms. The van der Waals surface area contributed by atoms with Crippen molar-refractivity contribution in [3.63, 3.8) is 0 Å². The molecule has 0 aliphatic heterocycles. The van der Waals surface area contributed by atoms with Crippen LogP contribution in [0.2, 0.25) is 0 Å². The zero-order chi connectivity index (χ0) is 21.8. The molecular formula is C24H24BrNO4. The number of hydrogen-bond donors (Lipinski definition) is 1. The number of aromatic nitrogens is 1. The Hall–Kier alpha value is -2.60. The second kappa shape index (κ2) is 6.98. The summed E-state index contributed by atoms with van der Waals surface area (Å²) >= 11 is 3.49. The molecule has 1 N–H and O–H groups in total. The summed E-state index contributed by atoms with van der Waals surface area (Å²) in [5.74, 6) is 0.0911. The van der Waals surface area contributed by atoms with Crippen LogP contribution in [0.15, 0.2) is 40.9 Å². The largest absolute Gasteiger partial charge is 0.482 e. The molecule has 0 spiro atoms. The van der Waals surface area contributed by atoms with Crippen LogP contribution in [0.5, 0.6) is 5.75 Å². The average Bonchev–Trinajstić information content (AvgIpc) is 3.03. The molecule has 0 unspecified atom stereocenters. The molecule has 1 aromatic heterocycles. The van der Waals surface area contributed by atoms with Crippen LogP contribution in [0, 0.1) is 0 Å². The molecule has 0 atom stereocenters. The first-order valence-electron chi connectivity index (χ1n) is 9.83. The third-order valence-electron chi connectivity index (χ3n) is 5.30. The number of aromatic amines is 1. The lowest BCUT2D eigenvalue weighted by atomic mass is 9.71. The minimum Gasteiger partial charge on any atom is -0.482 e. The Morgan fingerprint density at radius 1 is 1.13 bits per heavy atom. The maximum absolute atomic E-state index is 13.3. The number of halogens is 1. The van der Waals surface area contributed by atoms with Crippen molar-refractivity contribution < 1.29 is 19.1 Å². The van der Waals surface area contributed by atoms with Crippen molar-refractivity contribution in [1.82, 2.24) is 4.98 Å². The molecule has 0 amide bonds. The minimum absolute atomic E-state index is 0.00779. The van der Waals surface area contributed by atoms with Gasteiger partial charge >= 0.3 is 5.97 Å². The van der Waals surface area contributed by atoms with Crippen molar-refractivity contribution in [2.45, 2.75) is 45.6 Å². The molecule has 3 aromatic rings. The summed E-state index contributed by atoms with van der Waals surface area (Å²) in [6.07, 6.45) is 0. The Labute approximate surface area is 183 Å². The summed E-state index contributed by atoms with van der Waals surface area (Å²) in [6.45, 7) is 9.42. The van der Waals surface area contributed by atoms with Gasteiger partial charge in [-0.2, -0.15) is 0 Å². The lowest BCUT2D eigenvalue weighted by molar-refractivity contribution is -0.157. The summed E-state index contributed by atoms with van der Waals surface area (Å²) in [6, 6.07) is 11.3. The number of fused-ring (bicyclic) bond motifs is 4. The third-order valence-corrected chi connectivity index (χ3v) is 5.79. The highest BCUT2D eigenvalue weighted by molar-refractivity contribution is 9.10. The van der Waals surface area contributed by atoms with E-state index in [-0.39, 0.29) is 12.4 Å². The average molecular weight is 470 g/mol. The number of benzene rings is 2. The number of nitrogens with one attached hydrogen (secondary N) is 1. The smallest absolute Gasteiger partial charge is 0.344 e. The summed E-state index contributed by atoms with van der Waals surface area (Å²) in [4.78, 5) is 28.8. The summed E-state index contributed by atoms with van der Waals surface area (Å²) in [5, 5.41) is 0.919. The number of hydrogen-bond acceptors (Lipinski definition) is 4. The highest BCUT2D eigenvalue weighted by Crippen LogP contribution is 2.44. The van der Waals surface area contributed by atoms with Crippen LogP contribution in [-0.4, -0.2) is 28.9 Å². The van der Waals surface area contributed by atoms with Crippen molar-refractivity contribution in [1.29, 1.82) is 0 Å². The second-order valence-electron chi connectivity index (χ2n) is 9.10. The lowest BCUT2D eigenvalue weighted by Gasteiger charge is -2.32. The minimum atomic E-state index is -0.564. The van der Waals surface area contributed by atoms with E-state index in [2.05, 4.69) is 34.8 Å². The van der Waals surface area contributed by atoms with Gasteiger partial charge in [-0.25, -0.2) is 4.79 Å². The number of esters is 1. The van der Waals surface area contributed by atoms with Crippen molar-refractivity contribution in [2.75, 3.05) is 6.61 Å². The van der Waals surface area contributed by atoms with Gasteiger partial charge in [0.1, 0.15) is 11.4 Å². The first-order valence-corrected chi connectivity index (χ1v) is 10.6. The Kier molecular flexibility index (Phi) is 4.81. The monoisotopic (exact) mass is 469 g/mol.